The quantitative estimate of drug-likeness (QED) is 0.731. The number of hydrogen-bond donors (Lipinski definition) is 0. The van der Waals surface area contributed by atoms with Gasteiger partial charge in [-0.3, -0.25) is 0 Å². The predicted molar refractivity (Wildman–Crippen MR) is 67.2 cm³/mol. The Morgan fingerprint density at radius 2 is 2.31 bits per heavy atom. The maximum atomic E-state index is 5.13. The van der Waals surface area contributed by atoms with E-state index in [1.54, 1.807) is 6.26 Å². The minimum atomic E-state index is 0.709. The molecule has 0 radical (unpaired) electrons. The molecule has 0 aliphatic heterocycles. The fourth-order valence-electron chi connectivity index (χ4n) is 2.54. The van der Waals surface area contributed by atoms with Crippen LogP contribution >= 0.6 is 0 Å². The Bertz CT molecular complexity index is 382. The van der Waals surface area contributed by atoms with Gasteiger partial charge in [0.2, 0.25) is 0 Å². The molecule has 1 aliphatic rings. The highest BCUT2D eigenvalue weighted by Gasteiger charge is 2.22. The maximum absolute atomic E-state index is 5.13. The summed E-state index contributed by atoms with van der Waals surface area (Å²) in [5, 5.41) is 0. The Balaban J connectivity index is 2.17. The Hall–Kier alpha value is -1.24. The Morgan fingerprint density at radius 3 is 2.94 bits per heavy atom. The second-order valence-corrected chi connectivity index (χ2v) is 5.08. The third kappa shape index (κ3) is 2.46. The zero-order chi connectivity index (χ0) is 11.5. The molecule has 1 aromatic heterocycles. The summed E-state index contributed by atoms with van der Waals surface area (Å²) in [4.78, 5) is 0. The van der Waals surface area contributed by atoms with Crippen molar-refractivity contribution in [3.8, 4) is 0 Å². The summed E-state index contributed by atoms with van der Waals surface area (Å²) in [6.45, 7) is 8.70. The molecule has 0 saturated carbocycles. The van der Waals surface area contributed by atoms with Crippen molar-refractivity contribution in [2.45, 2.75) is 33.1 Å². The summed E-state index contributed by atoms with van der Waals surface area (Å²) in [6, 6.07) is 2.05. The number of rotatable bonds is 3. The fraction of sp³-hybridized carbons (Fsp3) is 0.467. The van der Waals surface area contributed by atoms with Crippen molar-refractivity contribution in [2.75, 3.05) is 0 Å². The number of allylic oxidation sites excluding steroid dienone is 3. The van der Waals surface area contributed by atoms with E-state index in [2.05, 4.69) is 32.6 Å². The minimum Gasteiger partial charge on any atom is -0.472 e. The molecule has 1 nitrogen and oxygen atoms in total. The van der Waals surface area contributed by atoms with Gasteiger partial charge in [0.25, 0.3) is 0 Å². The van der Waals surface area contributed by atoms with E-state index in [-0.39, 0.29) is 0 Å². The summed E-state index contributed by atoms with van der Waals surface area (Å²) in [5.74, 6) is 1.42. The van der Waals surface area contributed by atoms with E-state index >= 15 is 0 Å². The van der Waals surface area contributed by atoms with Crippen LogP contribution in [0.2, 0.25) is 0 Å². The molecule has 0 saturated heterocycles. The molecule has 1 heteroatoms. The summed E-state index contributed by atoms with van der Waals surface area (Å²) < 4.78 is 5.13. The third-order valence-corrected chi connectivity index (χ3v) is 3.44. The average Bonchev–Trinajstić information content (AvgIpc) is 2.70. The molecule has 1 aliphatic carbocycles. The van der Waals surface area contributed by atoms with Gasteiger partial charge >= 0.3 is 0 Å². The first-order valence-electron chi connectivity index (χ1n) is 6.06. The summed E-state index contributed by atoms with van der Waals surface area (Å²) in [5.41, 5.74) is 4.06. The van der Waals surface area contributed by atoms with Crippen LogP contribution in [-0.2, 0) is 6.42 Å². The lowest BCUT2D eigenvalue weighted by atomic mass is 9.77. The lowest BCUT2D eigenvalue weighted by Crippen LogP contribution is -2.17. The molecule has 16 heavy (non-hydrogen) atoms. The first-order chi connectivity index (χ1) is 7.66. The summed E-state index contributed by atoms with van der Waals surface area (Å²) in [6.07, 6.45) is 9.30. The van der Waals surface area contributed by atoms with Gasteiger partial charge in [-0.25, -0.2) is 0 Å². The molecule has 0 fully saturated rings. The number of hydrogen-bond acceptors (Lipinski definition) is 1. The van der Waals surface area contributed by atoms with Crippen LogP contribution in [0.3, 0.4) is 0 Å². The van der Waals surface area contributed by atoms with Crippen molar-refractivity contribution in [1.82, 2.24) is 0 Å². The third-order valence-electron chi connectivity index (χ3n) is 3.44. The van der Waals surface area contributed by atoms with Crippen molar-refractivity contribution in [3.63, 3.8) is 0 Å². The van der Waals surface area contributed by atoms with Crippen molar-refractivity contribution in [2.24, 2.45) is 11.8 Å². The highest BCUT2D eigenvalue weighted by molar-refractivity contribution is 5.30. The van der Waals surface area contributed by atoms with Crippen molar-refractivity contribution in [1.29, 1.82) is 0 Å². The van der Waals surface area contributed by atoms with Crippen LogP contribution in [0.4, 0.5) is 0 Å². The van der Waals surface area contributed by atoms with Crippen molar-refractivity contribution >= 4 is 0 Å². The highest BCUT2D eigenvalue weighted by Crippen LogP contribution is 2.34. The van der Waals surface area contributed by atoms with E-state index in [1.165, 1.54) is 23.1 Å². The van der Waals surface area contributed by atoms with E-state index in [0.29, 0.717) is 11.8 Å². The van der Waals surface area contributed by atoms with Gasteiger partial charge in [-0.15, -0.1) is 0 Å². The van der Waals surface area contributed by atoms with Crippen LogP contribution in [0, 0.1) is 11.8 Å². The molecule has 1 aromatic rings. The maximum Gasteiger partial charge on any atom is 0.0937 e. The van der Waals surface area contributed by atoms with Gasteiger partial charge in [0.15, 0.2) is 0 Å². The molecule has 2 rings (SSSR count). The molecule has 1 heterocycles. The van der Waals surface area contributed by atoms with Crippen LogP contribution in [-0.4, -0.2) is 0 Å². The molecule has 0 bridgehead atoms. The van der Waals surface area contributed by atoms with Crippen LogP contribution in [0.5, 0.6) is 0 Å². The lowest BCUT2D eigenvalue weighted by Gasteiger charge is -2.28. The van der Waals surface area contributed by atoms with Crippen LogP contribution in [0.15, 0.2) is 46.8 Å². The van der Waals surface area contributed by atoms with Crippen molar-refractivity contribution in [3.05, 3.63) is 48.0 Å². The highest BCUT2D eigenvalue weighted by atomic mass is 16.3. The summed E-state index contributed by atoms with van der Waals surface area (Å²) in [7, 11) is 0. The van der Waals surface area contributed by atoms with Gasteiger partial charge in [0.05, 0.1) is 12.5 Å². The fourth-order valence-corrected chi connectivity index (χ4v) is 2.54. The molecule has 0 unspecified atom stereocenters. The second-order valence-electron chi connectivity index (χ2n) is 5.08. The van der Waals surface area contributed by atoms with Crippen LogP contribution < -0.4 is 0 Å². The Labute approximate surface area is 97.9 Å². The second kappa shape index (κ2) is 4.73. The zero-order valence-corrected chi connectivity index (χ0v) is 10.2. The molecule has 86 valence electrons. The predicted octanol–water partition coefficient (Wildman–Crippen LogP) is 4.37. The standard InChI is InChI=1S/C15H20O/c1-11(2)15-5-4-12(3)8-14(15)9-13-6-7-16-10-13/h6-8,10-11,15H,3-5,9H2,1-2H3/t15-/m1/s1. The largest absolute Gasteiger partial charge is 0.472 e. The van der Waals surface area contributed by atoms with Gasteiger partial charge in [0, 0.05) is 0 Å². The smallest absolute Gasteiger partial charge is 0.0937 e. The van der Waals surface area contributed by atoms with Gasteiger partial charge in [-0.1, -0.05) is 37.6 Å². The normalized spacial score (nSPS) is 21.3. The van der Waals surface area contributed by atoms with Crippen LogP contribution in [0.25, 0.3) is 0 Å². The molecule has 1 atom stereocenters. The van der Waals surface area contributed by atoms with Crippen LogP contribution in [0.1, 0.15) is 32.3 Å². The van der Waals surface area contributed by atoms with E-state index < -0.39 is 0 Å². The van der Waals surface area contributed by atoms with E-state index in [9.17, 15) is 0 Å². The monoisotopic (exact) mass is 216 g/mol. The van der Waals surface area contributed by atoms with Gasteiger partial charge in [-0.05, 0) is 42.7 Å². The average molecular weight is 216 g/mol. The SMILES string of the molecule is C=C1C=C(Cc2ccoc2)[C@@H](C(C)C)CC1. The molecule has 0 N–H and O–H groups in total. The molecule has 0 amide bonds. The zero-order valence-electron chi connectivity index (χ0n) is 10.2. The molecule has 0 spiro atoms. The van der Waals surface area contributed by atoms with E-state index in [0.717, 1.165) is 12.8 Å². The van der Waals surface area contributed by atoms with Gasteiger partial charge < -0.3 is 4.42 Å². The lowest BCUT2D eigenvalue weighted by molar-refractivity contribution is 0.400. The van der Waals surface area contributed by atoms with E-state index in [4.69, 9.17) is 4.42 Å². The van der Waals surface area contributed by atoms with Gasteiger partial charge in [-0.2, -0.15) is 0 Å². The van der Waals surface area contributed by atoms with Gasteiger partial charge in [0.1, 0.15) is 0 Å². The topological polar surface area (TPSA) is 13.1 Å². The molecular weight excluding hydrogens is 196 g/mol. The summed E-state index contributed by atoms with van der Waals surface area (Å²) >= 11 is 0. The molecular formula is C15H20O. The first kappa shape index (κ1) is 11.3. The Kier molecular flexibility index (Phi) is 3.33. The molecule has 0 aromatic carbocycles. The number of furan rings is 1. The van der Waals surface area contributed by atoms with E-state index in [1.807, 2.05) is 6.26 Å². The van der Waals surface area contributed by atoms with Crippen molar-refractivity contribution < 1.29 is 4.42 Å². The minimum absolute atomic E-state index is 0.709. The first-order valence-corrected chi connectivity index (χ1v) is 6.06. The Morgan fingerprint density at radius 1 is 1.50 bits per heavy atom.